The van der Waals surface area contributed by atoms with E-state index in [1.54, 1.807) is 23.1 Å². The van der Waals surface area contributed by atoms with Gasteiger partial charge in [0, 0.05) is 6.54 Å². The third kappa shape index (κ3) is 5.47. The summed E-state index contributed by atoms with van der Waals surface area (Å²) in [6.07, 6.45) is 0. The average Bonchev–Trinajstić information content (AvgIpc) is 3.39. The summed E-state index contributed by atoms with van der Waals surface area (Å²) >= 11 is 4.78. The van der Waals surface area contributed by atoms with Crippen LogP contribution >= 0.6 is 34.9 Å². The van der Waals surface area contributed by atoms with Crippen LogP contribution in [0.3, 0.4) is 0 Å². The summed E-state index contributed by atoms with van der Waals surface area (Å²) < 4.78 is 4.28. The zero-order valence-electron chi connectivity index (χ0n) is 17.3. The molecule has 2 aromatic carbocycles. The molecule has 2 heterocycles. The molecule has 0 bridgehead atoms. The van der Waals surface area contributed by atoms with Gasteiger partial charge >= 0.3 is 0 Å². The quantitative estimate of drug-likeness (QED) is 0.341. The molecule has 0 unspecified atom stereocenters. The molecule has 0 aliphatic heterocycles. The summed E-state index contributed by atoms with van der Waals surface area (Å²) in [7, 11) is 0. The molecule has 0 radical (unpaired) electrons. The van der Waals surface area contributed by atoms with Gasteiger partial charge in [0.25, 0.3) is 0 Å². The fourth-order valence-corrected chi connectivity index (χ4v) is 5.97. The number of para-hydroxylation sites is 1. The molecule has 0 aliphatic carbocycles. The van der Waals surface area contributed by atoms with Crippen molar-refractivity contribution in [1.29, 1.82) is 0 Å². The lowest BCUT2D eigenvalue weighted by atomic mass is 10.1. The number of carbonyl (C=O) groups is 1. The van der Waals surface area contributed by atoms with Crippen molar-refractivity contribution in [3.8, 4) is 0 Å². The van der Waals surface area contributed by atoms with Crippen LogP contribution in [-0.2, 0) is 17.1 Å². The van der Waals surface area contributed by atoms with E-state index in [4.69, 9.17) is 0 Å². The summed E-state index contributed by atoms with van der Waals surface area (Å²) in [4.78, 5) is 17.1. The fourth-order valence-electron chi connectivity index (χ4n) is 3.13. The molecule has 6 nitrogen and oxygen atoms in total. The zero-order chi connectivity index (χ0) is 21.6. The van der Waals surface area contributed by atoms with Gasteiger partial charge in [-0.1, -0.05) is 66.0 Å². The Labute approximate surface area is 193 Å². The lowest BCUT2D eigenvalue weighted by molar-refractivity contribution is -0.119. The largest absolute Gasteiger partial charge is 0.349 e. The molecule has 0 saturated carbocycles. The Morgan fingerprint density at radius 2 is 1.87 bits per heavy atom. The molecule has 9 heteroatoms. The van der Waals surface area contributed by atoms with Crippen molar-refractivity contribution >= 4 is 51.0 Å². The first-order valence-electron chi connectivity index (χ1n) is 10.0. The summed E-state index contributed by atoms with van der Waals surface area (Å²) in [5.41, 5.74) is 2.12. The lowest BCUT2D eigenvalue weighted by Gasteiger charge is -2.14. The minimum atomic E-state index is -0.0286. The van der Waals surface area contributed by atoms with Crippen LogP contribution in [0.15, 0.2) is 64.1 Å². The standard InChI is InChI=1S/C22H23N5OS3/c1-3-27-19(13-30-22-24-17-11-7-8-12-18(17)31-22)25-26-21(27)29-14-20(28)23-15(2)16-9-5-4-6-10-16/h4-12,15H,3,13-14H2,1-2H3,(H,23,28)/t15-/m1/s1. The van der Waals surface area contributed by atoms with Crippen molar-refractivity contribution in [3.63, 3.8) is 0 Å². The van der Waals surface area contributed by atoms with Crippen LogP contribution in [0.1, 0.15) is 31.3 Å². The Balaban J connectivity index is 1.33. The number of aromatic nitrogens is 4. The van der Waals surface area contributed by atoms with E-state index in [1.165, 1.54) is 16.5 Å². The van der Waals surface area contributed by atoms with Crippen LogP contribution in [0, 0.1) is 0 Å². The Hall–Kier alpha value is -2.36. The molecule has 0 spiro atoms. The normalized spacial score (nSPS) is 12.2. The van der Waals surface area contributed by atoms with Gasteiger partial charge in [0.05, 0.1) is 27.8 Å². The van der Waals surface area contributed by atoms with E-state index in [2.05, 4.69) is 38.1 Å². The number of fused-ring (bicyclic) bond motifs is 1. The first kappa shape index (κ1) is 21.9. The number of benzene rings is 2. The van der Waals surface area contributed by atoms with Gasteiger partial charge in [-0.25, -0.2) is 4.98 Å². The van der Waals surface area contributed by atoms with E-state index in [1.807, 2.05) is 55.5 Å². The maximum atomic E-state index is 12.4. The molecule has 31 heavy (non-hydrogen) atoms. The second-order valence-electron chi connectivity index (χ2n) is 6.87. The van der Waals surface area contributed by atoms with Gasteiger partial charge in [-0.05, 0) is 31.5 Å². The van der Waals surface area contributed by atoms with Gasteiger partial charge in [-0.15, -0.1) is 21.5 Å². The Morgan fingerprint density at radius 1 is 1.10 bits per heavy atom. The van der Waals surface area contributed by atoms with E-state index in [0.29, 0.717) is 11.5 Å². The number of nitrogens with one attached hydrogen (secondary N) is 1. The van der Waals surface area contributed by atoms with E-state index in [9.17, 15) is 4.79 Å². The number of thioether (sulfide) groups is 2. The van der Waals surface area contributed by atoms with Crippen molar-refractivity contribution < 1.29 is 4.79 Å². The number of hydrogen-bond donors (Lipinski definition) is 1. The summed E-state index contributed by atoms with van der Waals surface area (Å²) in [6.45, 7) is 4.81. The summed E-state index contributed by atoms with van der Waals surface area (Å²) in [5, 5.41) is 12.5. The highest BCUT2D eigenvalue weighted by molar-refractivity contribution is 8.00. The van der Waals surface area contributed by atoms with Crippen LogP contribution in [0.2, 0.25) is 0 Å². The second-order valence-corrected chi connectivity index (χ2v) is 10.1. The lowest BCUT2D eigenvalue weighted by Crippen LogP contribution is -2.28. The molecular formula is C22H23N5OS3. The highest BCUT2D eigenvalue weighted by Gasteiger charge is 2.15. The molecule has 4 rings (SSSR count). The SMILES string of the molecule is CCn1c(CSc2nc3ccccc3s2)nnc1SCC(=O)N[C@H](C)c1ccccc1. The predicted molar refractivity (Wildman–Crippen MR) is 129 cm³/mol. The maximum Gasteiger partial charge on any atom is 0.230 e. The molecule has 0 fully saturated rings. The fraction of sp³-hybridized carbons (Fsp3) is 0.273. The summed E-state index contributed by atoms with van der Waals surface area (Å²) in [6, 6.07) is 18.1. The molecule has 0 aliphatic rings. The average molecular weight is 470 g/mol. The van der Waals surface area contributed by atoms with Gasteiger partial charge in [-0.2, -0.15) is 0 Å². The molecule has 160 valence electrons. The molecule has 1 N–H and O–H groups in total. The predicted octanol–water partition coefficient (Wildman–Crippen LogP) is 5.17. The maximum absolute atomic E-state index is 12.4. The van der Waals surface area contributed by atoms with Crippen LogP contribution in [-0.4, -0.2) is 31.4 Å². The molecular weight excluding hydrogens is 446 g/mol. The smallest absolute Gasteiger partial charge is 0.230 e. The minimum absolute atomic E-state index is 0.0163. The first-order valence-corrected chi connectivity index (χ1v) is 12.8. The number of amides is 1. The summed E-state index contributed by atoms with van der Waals surface area (Å²) in [5.74, 6) is 1.88. The van der Waals surface area contributed by atoms with Crippen LogP contribution in [0.4, 0.5) is 0 Å². The van der Waals surface area contributed by atoms with Crippen molar-refractivity contribution in [2.75, 3.05) is 5.75 Å². The Morgan fingerprint density at radius 3 is 2.65 bits per heavy atom. The van der Waals surface area contributed by atoms with E-state index in [-0.39, 0.29) is 11.9 Å². The van der Waals surface area contributed by atoms with Gasteiger partial charge < -0.3 is 9.88 Å². The van der Waals surface area contributed by atoms with E-state index >= 15 is 0 Å². The minimum Gasteiger partial charge on any atom is -0.349 e. The van der Waals surface area contributed by atoms with Crippen LogP contribution in [0.25, 0.3) is 10.2 Å². The molecule has 4 aromatic rings. The van der Waals surface area contributed by atoms with Crippen molar-refractivity contribution in [1.82, 2.24) is 25.1 Å². The van der Waals surface area contributed by atoms with Crippen molar-refractivity contribution in [2.45, 2.75) is 41.7 Å². The molecule has 2 aromatic heterocycles. The highest BCUT2D eigenvalue weighted by atomic mass is 32.2. The van der Waals surface area contributed by atoms with Crippen LogP contribution in [0.5, 0.6) is 0 Å². The second kappa shape index (κ2) is 10.3. The van der Waals surface area contributed by atoms with Crippen molar-refractivity contribution in [2.24, 2.45) is 0 Å². The number of thiazole rings is 1. The van der Waals surface area contributed by atoms with E-state index in [0.717, 1.165) is 32.9 Å². The first-order chi connectivity index (χ1) is 15.1. The van der Waals surface area contributed by atoms with Gasteiger partial charge in [0.1, 0.15) is 5.82 Å². The topological polar surface area (TPSA) is 72.7 Å². The van der Waals surface area contributed by atoms with Gasteiger partial charge in [0.2, 0.25) is 5.91 Å². The van der Waals surface area contributed by atoms with Gasteiger partial charge in [-0.3, -0.25) is 4.79 Å². The molecule has 0 saturated heterocycles. The number of rotatable bonds is 9. The van der Waals surface area contributed by atoms with Crippen molar-refractivity contribution in [3.05, 3.63) is 66.0 Å². The van der Waals surface area contributed by atoms with Gasteiger partial charge in [0.15, 0.2) is 9.50 Å². The number of hydrogen-bond acceptors (Lipinski definition) is 7. The third-order valence-electron chi connectivity index (χ3n) is 4.72. The zero-order valence-corrected chi connectivity index (χ0v) is 19.8. The number of carbonyl (C=O) groups excluding carboxylic acids is 1. The monoisotopic (exact) mass is 469 g/mol. The third-order valence-corrected chi connectivity index (χ3v) is 7.86. The van der Waals surface area contributed by atoms with Crippen LogP contribution < -0.4 is 5.32 Å². The number of nitrogens with zero attached hydrogens (tertiary/aromatic N) is 4. The Kier molecular flexibility index (Phi) is 7.26. The van der Waals surface area contributed by atoms with E-state index < -0.39 is 0 Å². The Bertz CT molecular complexity index is 1130. The molecule has 1 atom stereocenters. The highest BCUT2D eigenvalue weighted by Crippen LogP contribution is 2.31. The molecule has 1 amide bonds.